The molecule has 5 nitrogen and oxygen atoms in total. The Kier molecular flexibility index (Phi) is 4.65. The molecule has 0 amide bonds. The van der Waals surface area contributed by atoms with Crippen LogP contribution in [0.2, 0.25) is 0 Å². The van der Waals surface area contributed by atoms with Crippen LogP contribution in [0.3, 0.4) is 0 Å². The maximum absolute atomic E-state index is 11.8. The Labute approximate surface area is 163 Å². The summed E-state index contributed by atoms with van der Waals surface area (Å²) in [6.07, 6.45) is 2.60. The van der Waals surface area contributed by atoms with Gasteiger partial charge in [-0.15, -0.1) is 0 Å². The number of esters is 1. The number of pyridine rings is 2. The molecule has 1 aromatic carbocycles. The number of methoxy groups -OCH3 is 1. The largest absolute Gasteiger partial charge is 0.464 e. The molecule has 28 heavy (non-hydrogen) atoms. The van der Waals surface area contributed by atoms with E-state index in [1.165, 1.54) is 12.7 Å². The van der Waals surface area contributed by atoms with Crippen LogP contribution in [0.1, 0.15) is 32.9 Å². The van der Waals surface area contributed by atoms with Crippen molar-refractivity contribution in [2.45, 2.75) is 20.3 Å². The van der Waals surface area contributed by atoms with Crippen molar-refractivity contribution in [3.8, 4) is 11.3 Å². The Morgan fingerprint density at radius 2 is 1.86 bits per heavy atom. The first kappa shape index (κ1) is 17.9. The lowest BCUT2D eigenvalue weighted by atomic mass is 9.99. The molecule has 4 rings (SSSR count). The average molecular weight is 371 g/mol. The number of aryl methyl sites for hydroxylation is 2. The van der Waals surface area contributed by atoms with E-state index in [0.717, 1.165) is 33.6 Å². The van der Waals surface area contributed by atoms with E-state index in [2.05, 4.69) is 43.1 Å². The smallest absolute Gasteiger partial charge is 0.356 e. The van der Waals surface area contributed by atoms with Crippen LogP contribution >= 0.6 is 0 Å². The van der Waals surface area contributed by atoms with Crippen LogP contribution in [0.4, 0.5) is 0 Å². The normalized spacial score (nSPS) is 11.0. The molecule has 0 aliphatic heterocycles. The topological polar surface area (TPSA) is 56.5 Å². The first-order valence-corrected chi connectivity index (χ1v) is 9.15. The third kappa shape index (κ3) is 3.27. The van der Waals surface area contributed by atoms with Gasteiger partial charge in [0.15, 0.2) is 0 Å². The van der Waals surface area contributed by atoms with Gasteiger partial charge in [-0.1, -0.05) is 36.4 Å². The number of fused-ring (bicyclic) bond motifs is 1. The number of carbonyl (C=O) groups excluding carboxylic acids is 1. The van der Waals surface area contributed by atoms with Gasteiger partial charge in [-0.3, -0.25) is 0 Å². The lowest BCUT2D eigenvalue weighted by molar-refractivity contribution is 0.0593. The molecular formula is C23H21N3O2. The first-order valence-electron chi connectivity index (χ1n) is 9.15. The molecule has 5 heteroatoms. The van der Waals surface area contributed by atoms with E-state index < -0.39 is 5.97 Å². The van der Waals surface area contributed by atoms with Crippen LogP contribution in [0.25, 0.3) is 16.8 Å². The van der Waals surface area contributed by atoms with Crippen molar-refractivity contribution in [1.29, 1.82) is 0 Å². The van der Waals surface area contributed by atoms with E-state index in [1.807, 2.05) is 35.0 Å². The summed E-state index contributed by atoms with van der Waals surface area (Å²) in [5.74, 6) is -0.434. The van der Waals surface area contributed by atoms with Gasteiger partial charge in [-0.05, 0) is 43.2 Å². The number of aromatic nitrogens is 3. The van der Waals surface area contributed by atoms with Gasteiger partial charge >= 0.3 is 5.97 Å². The van der Waals surface area contributed by atoms with E-state index in [1.54, 1.807) is 6.07 Å². The predicted octanol–water partition coefficient (Wildman–Crippen LogP) is 4.39. The molecule has 0 aliphatic carbocycles. The van der Waals surface area contributed by atoms with Crippen molar-refractivity contribution < 1.29 is 9.53 Å². The van der Waals surface area contributed by atoms with E-state index >= 15 is 0 Å². The minimum absolute atomic E-state index is 0.310. The molecule has 140 valence electrons. The molecule has 0 fully saturated rings. The highest BCUT2D eigenvalue weighted by molar-refractivity contribution is 5.87. The summed E-state index contributed by atoms with van der Waals surface area (Å²) in [5.41, 5.74) is 7.58. The molecule has 0 saturated heterocycles. The van der Waals surface area contributed by atoms with Crippen LogP contribution in [-0.2, 0) is 11.2 Å². The van der Waals surface area contributed by atoms with Crippen LogP contribution in [0.15, 0.2) is 60.8 Å². The SMILES string of the molecule is COC(=O)c1cccc(Cc2c(-c3ccccc3C)nn3cc(C)ccc23)n1. The summed E-state index contributed by atoms with van der Waals surface area (Å²) < 4.78 is 6.73. The fourth-order valence-electron chi connectivity index (χ4n) is 3.41. The number of ether oxygens (including phenoxy) is 1. The lowest BCUT2D eigenvalue weighted by Gasteiger charge is -2.07. The molecule has 0 bridgehead atoms. The van der Waals surface area contributed by atoms with Crippen LogP contribution in [0, 0.1) is 13.8 Å². The Hall–Kier alpha value is -3.47. The molecule has 0 aliphatic rings. The standard InChI is InChI=1S/C23H21N3O2/c1-15-11-12-21-19(13-17-8-6-10-20(24-17)23(27)28-3)22(25-26(21)14-15)18-9-5-4-7-16(18)2/h4-12,14H,13H2,1-3H3. The summed E-state index contributed by atoms with van der Waals surface area (Å²) in [6, 6.07) is 17.8. The zero-order valence-electron chi connectivity index (χ0n) is 16.1. The molecule has 0 spiro atoms. The summed E-state index contributed by atoms with van der Waals surface area (Å²) >= 11 is 0. The van der Waals surface area contributed by atoms with Crippen molar-refractivity contribution in [3.05, 3.63) is 88.9 Å². The van der Waals surface area contributed by atoms with E-state index in [-0.39, 0.29) is 0 Å². The molecule has 0 atom stereocenters. The molecule has 3 aromatic heterocycles. The number of hydrogen-bond donors (Lipinski definition) is 0. The van der Waals surface area contributed by atoms with Crippen molar-refractivity contribution in [2.24, 2.45) is 0 Å². The number of nitrogens with zero attached hydrogens (tertiary/aromatic N) is 3. The second-order valence-electron chi connectivity index (χ2n) is 6.86. The Balaban J connectivity index is 1.87. The highest BCUT2D eigenvalue weighted by Gasteiger charge is 2.18. The number of hydrogen-bond acceptors (Lipinski definition) is 4. The van der Waals surface area contributed by atoms with Crippen molar-refractivity contribution in [1.82, 2.24) is 14.6 Å². The Morgan fingerprint density at radius 3 is 2.64 bits per heavy atom. The molecular weight excluding hydrogens is 350 g/mol. The van der Waals surface area contributed by atoms with E-state index in [4.69, 9.17) is 9.84 Å². The zero-order valence-corrected chi connectivity index (χ0v) is 16.1. The number of benzene rings is 1. The summed E-state index contributed by atoms with van der Waals surface area (Å²) in [7, 11) is 1.36. The highest BCUT2D eigenvalue weighted by Crippen LogP contribution is 2.30. The van der Waals surface area contributed by atoms with Crippen molar-refractivity contribution in [3.63, 3.8) is 0 Å². The molecule has 0 saturated carbocycles. The van der Waals surface area contributed by atoms with Gasteiger partial charge < -0.3 is 4.74 Å². The highest BCUT2D eigenvalue weighted by atomic mass is 16.5. The Bertz CT molecular complexity index is 1180. The van der Waals surface area contributed by atoms with Gasteiger partial charge in [-0.25, -0.2) is 14.3 Å². The van der Waals surface area contributed by atoms with Gasteiger partial charge in [0.25, 0.3) is 0 Å². The molecule has 0 radical (unpaired) electrons. The molecule has 4 aromatic rings. The van der Waals surface area contributed by atoms with Crippen LogP contribution < -0.4 is 0 Å². The van der Waals surface area contributed by atoms with Gasteiger partial charge in [0.05, 0.1) is 18.3 Å². The van der Waals surface area contributed by atoms with Crippen molar-refractivity contribution in [2.75, 3.05) is 7.11 Å². The molecule has 3 heterocycles. The Morgan fingerprint density at radius 1 is 1.04 bits per heavy atom. The summed E-state index contributed by atoms with van der Waals surface area (Å²) in [6.45, 7) is 4.14. The average Bonchev–Trinajstić information content (AvgIpc) is 3.05. The quantitative estimate of drug-likeness (QED) is 0.499. The van der Waals surface area contributed by atoms with Gasteiger partial charge in [0, 0.05) is 29.4 Å². The van der Waals surface area contributed by atoms with E-state index in [9.17, 15) is 4.79 Å². The minimum atomic E-state index is -0.434. The molecule has 0 N–H and O–H groups in total. The van der Waals surface area contributed by atoms with Gasteiger partial charge in [-0.2, -0.15) is 5.10 Å². The summed E-state index contributed by atoms with van der Waals surface area (Å²) in [5, 5.41) is 4.87. The second kappa shape index (κ2) is 7.27. The maximum atomic E-state index is 11.8. The van der Waals surface area contributed by atoms with Crippen LogP contribution in [-0.4, -0.2) is 27.7 Å². The third-order valence-electron chi connectivity index (χ3n) is 4.84. The zero-order chi connectivity index (χ0) is 19.7. The first-order chi connectivity index (χ1) is 13.6. The fraction of sp³-hybridized carbons (Fsp3) is 0.174. The van der Waals surface area contributed by atoms with Crippen LogP contribution in [0.5, 0.6) is 0 Å². The number of rotatable bonds is 4. The maximum Gasteiger partial charge on any atom is 0.356 e. The predicted molar refractivity (Wildman–Crippen MR) is 108 cm³/mol. The second-order valence-corrected chi connectivity index (χ2v) is 6.86. The van der Waals surface area contributed by atoms with Gasteiger partial charge in [0.2, 0.25) is 0 Å². The van der Waals surface area contributed by atoms with E-state index in [0.29, 0.717) is 12.1 Å². The summed E-state index contributed by atoms with van der Waals surface area (Å²) in [4.78, 5) is 16.3. The third-order valence-corrected chi connectivity index (χ3v) is 4.84. The van der Waals surface area contributed by atoms with Crippen molar-refractivity contribution >= 4 is 11.5 Å². The number of carbonyl (C=O) groups is 1. The molecule has 0 unspecified atom stereocenters. The monoisotopic (exact) mass is 371 g/mol. The fourth-order valence-corrected chi connectivity index (χ4v) is 3.41. The lowest BCUT2D eigenvalue weighted by Crippen LogP contribution is -2.06. The minimum Gasteiger partial charge on any atom is -0.464 e. The van der Waals surface area contributed by atoms with Gasteiger partial charge in [0.1, 0.15) is 5.69 Å².